The van der Waals surface area contributed by atoms with Gasteiger partial charge < -0.3 is 9.84 Å². The Labute approximate surface area is 110 Å². The van der Waals surface area contributed by atoms with Gasteiger partial charge in [0.2, 0.25) is 0 Å². The molecule has 0 saturated heterocycles. The highest BCUT2D eigenvalue weighted by Crippen LogP contribution is 1.97. The molecular formula is C15H24O3. The van der Waals surface area contributed by atoms with Gasteiger partial charge in [0.15, 0.2) is 0 Å². The van der Waals surface area contributed by atoms with Crippen molar-refractivity contribution in [3.63, 3.8) is 0 Å². The van der Waals surface area contributed by atoms with Crippen LogP contribution in [0.3, 0.4) is 0 Å². The number of ether oxygens (including phenoxy) is 1. The molecule has 1 N–H and O–H groups in total. The molecule has 0 aliphatic rings. The Morgan fingerprint density at radius 2 is 1.50 bits per heavy atom. The van der Waals surface area contributed by atoms with Crippen molar-refractivity contribution in [2.24, 2.45) is 11.8 Å². The van der Waals surface area contributed by atoms with Gasteiger partial charge in [-0.3, -0.25) is 0 Å². The zero-order chi connectivity index (χ0) is 14.0. The molecule has 0 bridgehead atoms. The van der Waals surface area contributed by atoms with Crippen LogP contribution >= 0.6 is 0 Å². The fourth-order valence-electron chi connectivity index (χ4n) is 1.12. The summed E-state index contributed by atoms with van der Waals surface area (Å²) in [6.45, 7) is 10.5. The van der Waals surface area contributed by atoms with Crippen LogP contribution in [0, 0.1) is 11.8 Å². The van der Waals surface area contributed by atoms with Crippen molar-refractivity contribution in [1.82, 2.24) is 0 Å². The standard InChI is InChI=1S/C8H18O.C7H6O2/c1-7(2)5-9-6-8(3)4;8-7(9)6-4-2-1-3-5-6/h7-8H,5-6H2,1-4H3;1-5H,(H,8,9). The summed E-state index contributed by atoms with van der Waals surface area (Å²) in [4.78, 5) is 10.2. The quantitative estimate of drug-likeness (QED) is 0.869. The van der Waals surface area contributed by atoms with Crippen LogP contribution in [-0.4, -0.2) is 24.3 Å². The largest absolute Gasteiger partial charge is 0.478 e. The fraction of sp³-hybridized carbons (Fsp3) is 0.533. The van der Waals surface area contributed by atoms with E-state index in [2.05, 4.69) is 27.7 Å². The highest BCUT2D eigenvalue weighted by molar-refractivity contribution is 5.87. The van der Waals surface area contributed by atoms with Crippen LogP contribution in [0.25, 0.3) is 0 Å². The van der Waals surface area contributed by atoms with Gasteiger partial charge in [-0.15, -0.1) is 0 Å². The molecule has 0 aromatic heterocycles. The molecule has 0 unspecified atom stereocenters. The van der Waals surface area contributed by atoms with Gasteiger partial charge in [-0.1, -0.05) is 45.9 Å². The molecular weight excluding hydrogens is 228 g/mol. The van der Waals surface area contributed by atoms with Gasteiger partial charge in [0.25, 0.3) is 0 Å². The number of hydrogen-bond donors (Lipinski definition) is 1. The average molecular weight is 252 g/mol. The molecule has 3 heteroatoms. The minimum Gasteiger partial charge on any atom is -0.478 e. The van der Waals surface area contributed by atoms with Gasteiger partial charge in [-0.05, 0) is 24.0 Å². The van der Waals surface area contributed by atoms with Crippen molar-refractivity contribution in [2.75, 3.05) is 13.2 Å². The molecule has 0 fully saturated rings. The summed E-state index contributed by atoms with van der Waals surface area (Å²) >= 11 is 0. The molecule has 1 aromatic carbocycles. The van der Waals surface area contributed by atoms with E-state index in [9.17, 15) is 4.79 Å². The molecule has 0 atom stereocenters. The number of carboxylic acid groups (broad SMARTS) is 1. The topological polar surface area (TPSA) is 46.5 Å². The Morgan fingerprint density at radius 3 is 1.78 bits per heavy atom. The van der Waals surface area contributed by atoms with Gasteiger partial charge in [-0.25, -0.2) is 4.79 Å². The number of carbonyl (C=O) groups is 1. The molecule has 0 amide bonds. The van der Waals surface area contributed by atoms with Crippen molar-refractivity contribution >= 4 is 5.97 Å². The summed E-state index contributed by atoms with van der Waals surface area (Å²) < 4.78 is 5.36. The SMILES string of the molecule is CC(C)COCC(C)C.O=C(O)c1ccccc1. The molecule has 18 heavy (non-hydrogen) atoms. The molecule has 102 valence electrons. The molecule has 1 aromatic rings. The van der Waals surface area contributed by atoms with Crippen molar-refractivity contribution in [3.8, 4) is 0 Å². The van der Waals surface area contributed by atoms with Crippen molar-refractivity contribution in [2.45, 2.75) is 27.7 Å². The first-order valence-corrected chi connectivity index (χ1v) is 6.29. The van der Waals surface area contributed by atoms with Crippen LogP contribution in [-0.2, 0) is 4.74 Å². The predicted octanol–water partition coefficient (Wildman–Crippen LogP) is 3.70. The maximum absolute atomic E-state index is 10.2. The minimum absolute atomic E-state index is 0.331. The Balaban J connectivity index is 0.000000321. The summed E-state index contributed by atoms with van der Waals surface area (Å²) in [5, 5.41) is 8.38. The Bertz CT molecular complexity index is 310. The second kappa shape index (κ2) is 9.66. The van der Waals surface area contributed by atoms with E-state index < -0.39 is 5.97 Å². The number of rotatable bonds is 5. The third-order valence-corrected chi connectivity index (χ3v) is 1.92. The lowest BCUT2D eigenvalue weighted by Gasteiger charge is -2.07. The first kappa shape index (κ1) is 16.6. The second-order valence-electron chi connectivity index (χ2n) is 5.00. The number of benzene rings is 1. The van der Waals surface area contributed by atoms with Crippen LogP contribution in [0.2, 0.25) is 0 Å². The van der Waals surface area contributed by atoms with Crippen LogP contribution in [0.4, 0.5) is 0 Å². The van der Waals surface area contributed by atoms with Crippen LogP contribution in [0.1, 0.15) is 38.1 Å². The fourth-order valence-corrected chi connectivity index (χ4v) is 1.12. The first-order chi connectivity index (χ1) is 8.43. The lowest BCUT2D eigenvalue weighted by Crippen LogP contribution is -2.06. The molecule has 3 nitrogen and oxygen atoms in total. The van der Waals surface area contributed by atoms with E-state index in [4.69, 9.17) is 9.84 Å². The van der Waals surface area contributed by atoms with Crippen LogP contribution in [0.15, 0.2) is 30.3 Å². The monoisotopic (exact) mass is 252 g/mol. The molecule has 0 heterocycles. The molecule has 0 aliphatic carbocycles. The number of carboxylic acids is 1. The van der Waals surface area contributed by atoms with E-state index in [1.54, 1.807) is 30.3 Å². The third-order valence-electron chi connectivity index (χ3n) is 1.92. The van der Waals surface area contributed by atoms with Crippen molar-refractivity contribution in [3.05, 3.63) is 35.9 Å². The number of hydrogen-bond acceptors (Lipinski definition) is 2. The maximum Gasteiger partial charge on any atom is 0.335 e. The van der Waals surface area contributed by atoms with Crippen molar-refractivity contribution < 1.29 is 14.6 Å². The van der Waals surface area contributed by atoms with E-state index in [0.717, 1.165) is 13.2 Å². The van der Waals surface area contributed by atoms with Gasteiger partial charge in [-0.2, -0.15) is 0 Å². The summed E-state index contributed by atoms with van der Waals surface area (Å²) in [6.07, 6.45) is 0. The van der Waals surface area contributed by atoms with Gasteiger partial charge >= 0.3 is 5.97 Å². The van der Waals surface area contributed by atoms with Crippen LogP contribution in [0.5, 0.6) is 0 Å². The maximum atomic E-state index is 10.2. The smallest absolute Gasteiger partial charge is 0.335 e. The first-order valence-electron chi connectivity index (χ1n) is 6.29. The Kier molecular flexibility index (Phi) is 8.93. The molecule has 0 saturated carbocycles. The predicted molar refractivity (Wildman–Crippen MR) is 73.9 cm³/mol. The van der Waals surface area contributed by atoms with E-state index in [1.165, 1.54) is 0 Å². The molecule has 0 spiro atoms. The van der Waals surface area contributed by atoms with Gasteiger partial charge in [0.1, 0.15) is 0 Å². The molecule has 0 radical (unpaired) electrons. The third kappa shape index (κ3) is 9.85. The molecule has 1 rings (SSSR count). The van der Waals surface area contributed by atoms with E-state index in [0.29, 0.717) is 17.4 Å². The summed E-state index contributed by atoms with van der Waals surface area (Å²) in [7, 11) is 0. The summed E-state index contributed by atoms with van der Waals surface area (Å²) in [6, 6.07) is 8.30. The summed E-state index contributed by atoms with van der Waals surface area (Å²) in [5.74, 6) is 0.461. The van der Waals surface area contributed by atoms with E-state index >= 15 is 0 Å². The van der Waals surface area contributed by atoms with Crippen LogP contribution < -0.4 is 0 Å². The second-order valence-corrected chi connectivity index (χ2v) is 5.00. The zero-order valence-corrected chi connectivity index (χ0v) is 11.7. The van der Waals surface area contributed by atoms with Gasteiger partial charge in [0, 0.05) is 13.2 Å². The van der Waals surface area contributed by atoms with E-state index in [1.807, 2.05) is 0 Å². The Hall–Kier alpha value is -1.35. The molecule has 0 aliphatic heterocycles. The average Bonchev–Trinajstić information content (AvgIpc) is 2.30. The van der Waals surface area contributed by atoms with E-state index in [-0.39, 0.29) is 0 Å². The van der Waals surface area contributed by atoms with Crippen molar-refractivity contribution in [1.29, 1.82) is 0 Å². The lowest BCUT2D eigenvalue weighted by atomic mass is 10.2. The highest BCUT2D eigenvalue weighted by atomic mass is 16.5. The Morgan fingerprint density at radius 1 is 1.06 bits per heavy atom. The normalized spacial score (nSPS) is 10.1. The summed E-state index contributed by atoms with van der Waals surface area (Å²) in [5.41, 5.74) is 0.331. The zero-order valence-electron chi connectivity index (χ0n) is 11.7. The van der Waals surface area contributed by atoms with Gasteiger partial charge in [0.05, 0.1) is 5.56 Å². The lowest BCUT2D eigenvalue weighted by molar-refractivity contribution is 0.0697. The minimum atomic E-state index is -0.879. The highest BCUT2D eigenvalue weighted by Gasteiger charge is 1.96. The number of aromatic carboxylic acids is 1.